The molecule has 1 atom stereocenters. The van der Waals surface area contributed by atoms with Crippen molar-refractivity contribution in [3.63, 3.8) is 0 Å². The molecule has 1 aliphatic heterocycles. The van der Waals surface area contributed by atoms with Crippen LogP contribution in [0.3, 0.4) is 0 Å². The Hall–Kier alpha value is -1.62. The number of carbonyl (C=O) groups is 1. The summed E-state index contributed by atoms with van der Waals surface area (Å²) in [6.07, 6.45) is 5.27. The first-order valence-electron chi connectivity index (χ1n) is 6.36. The number of nitrogens with two attached hydrogens (primary N) is 1. The second-order valence-electron chi connectivity index (χ2n) is 4.60. The molecule has 1 fully saturated rings. The van der Waals surface area contributed by atoms with Gasteiger partial charge in [0.15, 0.2) is 0 Å². The maximum Gasteiger partial charge on any atom is 0.257 e. The fourth-order valence-electron chi connectivity index (χ4n) is 2.47. The van der Waals surface area contributed by atoms with E-state index in [1.807, 2.05) is 4.90 Å². The molecule has 98 valence electrons. The van der Waals surface area contributed by atoms with Crippen molar-refractivity contribution in [3.05, 3.63) is 23.9 Å². The van der Waals surface area contributed by atoms with Crippen LogP contribution in [0.5, 0.6) is 0 Å². The number of hydrogen-bond acceptors (Lipinski definition) is 4. The average Bonchev–Trinajstić information content (AvgIpc) is 2.40. The van der Waals surface area contributed by atoms with E-state index >= 15 is 0 Å². The topological polar surface area (TPSA) is 79.5 Å². The quantitative estimate of drug-likeness (QED) is 0.839. The van der Waals surface area contributed by atoms with Crippen LogP contribution in [0.4, 0.5) is 5.82 Å². The number of aromatic nitrogens is 1. The lowest BCUT2D eigenvalue weighted by Gasteiger charge is -2.35. The number of aliphatic hydroxyl groups excluding tert-OH is 1. The minimum absolute atomic E-state index is 0.0706. The first kappa shape index (κ1) is 12.8. The zero-order valence-electron chi connectivity index (χ0n) is 10.4. The summed E-state index contributed by atoms with van der Waals surface area (Å²) < 4.78 is 0. The van der Waals surface area contributed by atoms with Gasteiger partial charge >= 0.3 is 0 Å². The number of nitrogen functional groups attached to an aromatic ring is 1. The van der Waals surface area contributed by atoms with E-state index in [9.17, 15) is 4.79 Å². The molecule has 3 N–H and O–H groups in total. The summed E-state index contributed by atoms with van der Waals surface area (Å²) in [5, 5.41) is 9.07. The van der Waals surface area contributed by atoms with E-state index < -0.39 is 0 Å². The minimum Gasteiger partial charge on any atom is -0.396 e. The van der Waals surface area contributed by atoms with Gasteiger partial charge in [-0.3, -0.25) is 4.79 Å². The molecule has 5 heteroatoms. The van der Waals surface area contributed by atoms with Crippen LogP contribution in [0.25, 0.3) is 0 Å². The van der Waals surface area contributed by atoms with Crippen molar-refractivity contribution in [1.29, 1.82) is 0 Å². The summed E-state index contributed by atoms with van der Waals surface area (Å²) in [7, 11) is 0. The molecule has 0 aliphatic carbocycles. The van der Waals surface area contributed by atoms with Gasteiger partial charge in [-0.05, 0) is 37.8 Å². The van der Waals surface area contributed by atoms with Gasteiger partial charge in [0.2, 0.25) is 0 Å². The van der Waals surface area contributed by atoms with Crippen molar-refractivity contribution in [2.75, 3.05) is 18.9 Å². The second kappa shape index (κ2) is 5.82. The minimum atomic E-state index is -0.0706. The Morgan fingerprint density at radius 1 is 1.56 bits per heavy atom. The molecule has 2 rings (SSSR count). The van der Waals surface area contributed by atoms with Gasteiger partial charge in [0, 0.05) is 25.4 Å². The number of nitrogens with zero attached hydrogens (tertiary/aromatic N) is 2. The number of likely N-dealkylation sites (tertiary alicyclic amines) is 1. The van der Waals surface area contributed by atoms with Crippen LogP contribution in [0.1, 0.15) is 36.0 Å². The maximum atomic E-state index is 12.4. The number of aliphatic hydroxyl groups is 1. The van der Waals surface area contributed by atoms with Crippen LogP contribution in [-0.4, -0.2) is 40.1 Å². The van der Waals surface area contributed by atoms with Gasteiger partial charge in [0.1, 0.15) is 5.82 Å². The highest BCUT2D eigenvalue weighted by atomic mass is 16.3. The summed E-state index contributed by atoms with van der Waals surface area (Å²) in [4.78, 5) is 18.2. The summed E-state index contributed by atoms with van der Waals surface area (Å²) in [6, 6.07) is 3.54. The predicted octanol–water partition coefficient (Wildman–Crippen LogP) is 1.04. The first-order chi connectivity index (χ1) is 8.74. The fourth-order valence-corrected chi connectivity index (χ4v) is 2.47. The lowest BCUT2D eigenvalue weighted by atomic mass is 9.98. The van der Waals surface area contributed by atoms with E-state index in [1.165, 1.54) is 0 Å². The van der Waals surface area contributed by atoms with Crippen LogP contribution in [0.15, 0.2) is 18.3 Å². The molecule has 1 aliphatic rings. The van der Waals surface area contributed by atoms with Crippen molar-refractivity contribution in [1.82, 2.24) is 9.88 Å². The Morgan fingerprint density at radius 3 is 3.11 bits per heavy atom. The van der Waals surface area contributed by atoms with Crippen molar-refractivity contribution < 1.29 is 9.90 Å². The summed E-state index contributed by atoms with van der Waals surface area (Å²) in [5.74, 6) is 0.203. The van der Waals surface area contributed by atoms with Crippen molar-refractivity contribution in [3.8, 4) is 0 Å². The van der Waals surface area contributed by atoms with Gasteiger partial charge < -0.3 is 15.7 Å². The van der Waals surface area contributed by atoms with E-state index in [1.54, 1.807) is 18.3 Å². The SMILES string of the molecule is Nc1ncccc1C(=O)N1CCCCC1CCO. The van der Waals surface area contributed by atoms with Crippen LogP contribution >= 0.6 is 0 Å². The third-order valence-corrected chi connectivity index (χ3v) is 3.42. The van der Waals surface area contributed by atoms with E-state index in [4.69, 9.17) is 10.8 Å². The monoisotopic (exact) mass is 249 g/mol. The van der Waals surface area contributed by atoms with Gasteiger partial charge in [0.25, 0.3) is 5.91 Å². The van der Waals surface area contributed by atoms with Crippen LogP contribution < -0.4 is 5.73 Å². The molecule has 0 aromatic carbocycles. The number of pyridine rings is 1. The molecule has 1 unspecified atom stereocenters. The Morgan fingerprint density at radius 2 is 2.39 bits per heavy atom. The summed E-state index contributed by atoms with van der Waals surface area (Å²) >= 11 is 0. The zero-order chi connectivity index (χ0) is 13.0. The number of piperidine rings is 1. The fraction of sp³-hybridized carbons (Fsp3) is 0.538. The number of amides is 1. The van der Waals surface area contributed by atoms with E-state index in [0.29, 0.717) is 12.0 Å². The number of rotatable bonds is 3. The molecule has 0 spiro atoms. The molecular formula is C13H19N3O2. The molecule has 0 radical (unpaired) electrons. The van der Waals surface area contributed by atoms with Gasteiger partial charge in [-0.25, -0.2) is 4.98 Å². The third kappa shape index (κ3) is 2.61. The first-order valence-corrected chi connectivity index (χ1v) is 6.36. The summed E-state index contributed by atoms with van der Waals surface area (Å²) in [5.41, 5.74) is 6.20. The average molecular weight is 249 g/mol. The highest BCUT2D eigenvalue weighted by molar-refractivity contribution is 5.98. The molecular weight excluding hydrogens is 230 g/mol. The van der Waals surface area contributed by atoms with Crippen molar-refractivity contribution in [2.24, 2.45) is 0 Å². The molecule has 5 nitrogen and oxygen atoms in total. The summed E-state index contributed by atoms with van der Waals surface area (Å²) in [6.45, 7) is 0.842. The second-order valence-corrected chi connectivity index (χ2v) is 4.60. The van der Waals surface area contributed by atoms with Crippen LogP contribution in [-0.2, 0) is 0 Å². The predicted molar refractivity (Wildman–Crippen MR) is 69.0 cm³/mol. The van der Waals surface area contributed by atoms with Crippen LogP contribution in [0, 0.1) is 0 Å². The molecule has 1 aromatic rings. The normalized spacial score (nSPS) is 19.8. The lowest BCUT2D eigenvalue weighted by molar-refractivity contribution is 0.0575. The maximum absolute atomic E-state index is 12.4. The molecule has 1 amide bonds. The van der Waals surface area contributed by atoms with Crippen molar-refractivity contribution in [2.45, 2.75) is 31.7 Å². The number of anilines is 1. The van der Waals surface area contributed by atoms with E-state index in [0.717, 1.165) is 25.8 Å². The van der Waals surface area contributed by atoms with Gasteiger partial charge in [0.05, 0.1) is 5.56 Å². The van der Waals surface area contributed by atoms with Crippen LogP contribution in [0.2, 0.25) is 0 Å². The lowest BCUT2D eigenvalue weighted by Crippen LogP contribution is -2.44. The largest absolute Gasteiger partial charge is 0.396 e. The van der Waals surface area contributed by atoms with Gasteiger partial charge in [-0.15, -0.1) is 0 Å². The van der Waals surface area contributed by atoms with Gasteiger partial charge in [-0.2, -0.15) is 0 Å². The smallest absolute Gasteiger partial charge is 0.257 e. The molecule has 1 aromatic heterocycles. The Balaban J connectivity index is 2.18. The Labute approximate surface area is 107 Å². The molecule has 0 saturated carbocycles. The van der Waals surface area contributed by atoms with Crippen molar-refractivity contribution >= 4 is 11.7 Å². The molecule has 0 bridgehead atoms. The van der Waals surface area contributed by atoms with E-state index in [2.05, 4.69) is 4.98 Å². The molecule has 2 heterocycles. The highest BCUT2D eigenvalue weighted by Crippen LogP contribution is 2.23. The zero-order valence-corrected chi connectivity index (χ0v) is 10.4. The molecule has 18 heavy (non-hydrogen) atoms. The standard InChI is InChI=1S/C13H19N3O2/c14-12-11(5-3-7-15-12)13(18)16-8-2-1-4-10(16)6-9-17/h3,5,7,10,17H,1-2,4,6,8-9H2,(H2,14,15). The molecule has 1 saturated heterocycles. The van der Waals surface area contributed by atoms with Gasteiger partial charge in [-0.1, -0.05) is 0 Å². The highest BCUT2D eigenvalue weighted by Gasteiger charge is 2.28. The number of carbonyl (C=O) groups excluding carboxylic acids is 1. The Bertz CT molecular complexity index is 420. The van der Waals surface area contributed by atoms with E-state index in [-0.39, 0.29) is 24.4 Å². The Kier molecular flexibility index (Phi) is 4.15. The third-order valence-electron chi connectivity index (χ3n) is 3.42. The number of hydrogen-bond donors (Lipinski definition) is 2.